The molecule has 38 heavy (non-hydrogen) atoms. The summed E-state index contributed by atoms with van der Waals surface area (Å²) in [5.74, 6) is -1.33. The number of anilines is 1. The lowest BCUT2D eigenvalue weighted by atomic mass is 9.78. The van der Waals surface area contributed by atoms with E-state index in [-0.39, 0.29) is 29.3 Å². The Bertz CT molecular complexity index is 1240. The maximum absolute atomic E-state index is 13.8. The van der Waals surface area contributed by atoms with Gasteiger partial charge in [-0.15, -0.1) is 0 Å². The van der Waals surface area contributed by atoms with Crippen LogP contribution in [0, 0.1) is 11.8 Å². The fourth-order valence-electron chi connectivity index (χ4n) is 6.59. The predicted molar refractivity (Wildman–Crippen MR) is 144 cm³/mol. The summed E-state index contributed by atoms with van der Waals surface area (Å²) >= 11 is 0. The predicted octanol–water partition coefficient (Wildman–Crippen LogP) is 4.77. The molecule has 2 saturated carbocycles. The summed E-state index contributed by atoms with van der Waals surface area (Å²) in [5.41, 5.74) is 9.64. The lowest BCUT2D eigenvalue weighted by molar-refractivity contribution is -0.140. The van der Waals surface area contributed by atoms with Gasteiger partial charge in [-0.1, -0.05) is 12.0 Å². The average Bonchev–Trinajstić information content (AvgIpc) is 3.58. The minimum absolute atomic E-state index is 0.0102. The van der Waals surface area contributed by atoms with Crippen LogP contribution in [0.3, 0.4) is 0 Å². The van der Waals surface area contributed by atoms with Crippen LogP contribution in [0.1, 0.15) is 74.7 Å². The van der Waals surface area contributed by atoms with Gasteiger partial charge in [0.25, 0.3) is 5.91 Å². The van der Waals surface area contributed by atoms with Crippen molar-refractivity contribution in [3.05, 3.63) is 41.1 Å². The van der Waals surface area contributed by atoms with E-state index in [1.807, 2.05) is 0 Å². The number of nitrogens with one attached hydrogen (secondary N) is 2. The van der Waals surface area contributed by atoms with Crippen LogP contribution >= 0.6 is 0 Å². The van der Waals surface area contributed by atoms with Gasteiger partial charge in [0.1, 0.15) is 18.4 Å². The summed E-state index contributed by atoms with van der Waals surface area (Å²) in [6, 6.07) is 5.67. The number of benzene rings is 1. The Labute approximate surface area is 221 Å². The van der Waals surface area contributed by atoms with E-state index >= 15 is 0 Å². The third-order valence-corrected chi connectivity index (χ3v) is 8.73. The van der Waals surface area contributed by atoms with Crippen molar-refractivity contribution < 1.29 is 23.9 Å². The number of likely N-dealkylation sites (tertiary alicyclic amines) is 1. The van der Waals surface area contributed by atoms with Gasteiger partial charge in [-0.05, 0) is 93.5 Å². The Morgan fingerprint density at radius 2 is 1.82 bits per heavy atom. The zero-order valence-corrected chi connectivity index (χ0v) is 21.7. The van der Waals surface area contributed by atoms with E-state index in [2.05, 4.69) is 10.3 Å². The number of aromatic nitrogens is 1. The number of rotatable bonds is 6. The molecular weight excluding hydrogens is 487 g/mol. The van der Waals surface area contributed by atoms with Gasteiger partial charge in [0.15, 0.2) is 0 Å². The second-order valence-corrected chi connectivity index (χ2v) is 11.1. The lowest BCUT2D eigenvalue weighted by Crippen LogP contribution is -2.47. The van der Waals surface area contributed by atoms with E-state index in [9.17, 15) is 23.9 Å². The molecule has 2 heterocycles. The first kappa shape index (κ1) is 26.4. The lowest BCUT2D eigenvalue weighted by Gasteiger charge is -2.34. The van der Waals surface area contributed by atoms with E-state index in [0.717, 1.165) is 44.1 Å². The highest BCUT2D eigenvalue weighted by Gasteiger charge is 2.42. The monoisotopic (exact) mass is 524 g/mol. The molecule has 0 radical (unpaired) electrons. The number of amides is 2. The number of hydrogen-bond donors (Lipinski definition) is 4. The molecule has 3 aliphatic rings. The molecule has 1 aliphatic heterocycles. The number of alkyl halides is 1. The SMILES string of the molecule is N[C@H](CF)C1CCC(C(=O)N2CCC(=C3CCCCC3)[C@H]2C(=O)Nc2ccc3[nH]c(C(=O)O)cc3c2)CC1. The molecule has 2 aliphatic carbocycles. The van der Waals surface area contributed by atoms with Crippen LogP contribution in [0.2, 0.25) is 0 Å². The quantitative estimate of drug-likeness (QED) is 0.405. The summed E-state index contributed by atoms with van der Waals surface area (Å²) in [7, 11) is 0. The van der Waals surface area contributed by atoms with Crippen LogP contribution in [-0.2, 0) is 9.59 Å². The number of nitrogens with zero attached hydrogens (tertiary/aromatic N) is 1. The molecule has 5 rings (SSSR count). The van der Waals surface area contributed by atoms with Gasteiger partial charge >= 0.3 is 5.97 Å². The number of carbonyl (C=O) groups excluding carboxylic acids is 2. The molecule has 8 nitrogen and oxygen atoms in total. The van der Waals surface area contributed by atoms with Gasteiger partial charge in [-0.2, -0.15) is 0 Å². The number of aromatic carboxylic acids is 1. The summed E-state index contributed by atoms with van der Waals surface area (Å²) in [5, 5.41) is 13.0. The third kappa shape index (κ3) is 5.34. The van der Waals surface area contributed by atoms with Crippen molar-refractivity contribution in [3.8, 4) is 0 Å². The fraction of sp³-hybridized carbons (Fsp3) is 0.552. The second kappa shape index (κ2) is 11.3. The minimum Gasteiger partial charge on any atom is -0.477 e. The maximum atomic E-state index is 13.8. The molecule has 3 fully saturated rings. The number of H-pyrrole nitrogens is 1. The Kier molecular flexibility index (Phi) is 7.83. The first-order valence-corrected chi connectivity index (χ1v) is 13.9. The third-order valence-electron chi connectivity index (χ3n) is 8.73. The molecule has 0 spiro atoms. The van der Waals surface area contributed by atoms with Gasteiger partial charge in [0.05, 0.1) is 0 Å². The first-order valence-electron chi connectivity index (χ1n) is 13.9. The topological polar surface area (TPSA) is 129 Å². The number of hydrogen-bond acceptors (Lipinski definition) is 4. The number of allylic oxidation sites excluding steroid dienone is 1. The number of nitrogens with two attached hydrogens (primary N) is 1. The molecule has 5 N–H and O–H groups in total. The van der Waals surface area contributed by atoms with E-state index in [4.69, 9.17) is 5.73 Å². The van der Waals surface area contributed by atoms with Gasteiger partial charge in [0.2, 0.25) is 5.91 Å². The van der Waals surface area contributed by atoms with Crippen LogP contribution in [0.4, 0.5) is 10.1 Å². The van der Waals surface area contributed by atoms with Crippen LogP contribution < -0.4 is 11.1 Å². The average molecular weight is 525 g/mol. The normalized spacial score (nSPS) is 25.0. The standard InChI is InChI=1S/C29H37FN4O4/c30-16-23(31)18-6-8-19(9-7-18)28(36)34-13-12-22(17-4-2-1-3-5-17)26(34)27(35)32-21-10-11-24-20(14-21)15-25(33-24)29(37)38/h10-11,14-15,18-19,23,26,33H,1-9,12-13,16,31H2,(H,32,35)(H,37,38)/t18?,19?,23-,26+/m1/s1. The van der Waals surface area contributed by atoms with Crippen molar-refractivity contribution in [2.75, 3.05) is 18.5 Å². The minimum atomic E-state index is -1.05. The number of carboxylic acids is 1. The van der Waals surface area contributed by atoms with E-state index in [0.29, 0.717) is 42.4 Å². The molecule has 0 bridgehead atoms. The summed E-state index contributed by atoms with van der Waals surface area (Å²) < 4.78 is 13.1. The van der Waals surface area contributed by atoms with Gasteiger partial charge < -0.3 is 26.0 Å². The smallest absolute Gasteiger partial charge is 0.352 e. The Morgan fingerprint density at radius 1 is 1.08 bits per heavy atom. The molecule has 204 valence electrons. The van der Waals surface area contributed by atoms with Crippen LogP contribution in [0.5, 0.6) is 0 Å². The number of carboxylic acid groups (broad SMARTS) is 1. The molecular formula is C29H37FN4O4. The highest BCUT2D eigenvalue weighted by atomic mass is 19.1. The molecule has 2 amide bonds. The molecule has 2 atom stereocenters. The number of aromatic amines is 1. The van der Waals surface area contributed by atoms with E-state index in [1.165, 1.54) is 12.0 Å². The molecule has 9 heteroatoms. The summed E-state index contributed by atoms with van der Waals surface area (Å²) in [6.45, 7) is -0.0146. The molecule has 0 unspecified atom stereocenters. The van der Waals surface area contributed by atoms with E-state index < -0.39 is 24.7 Å². The Morgan fingerprint density at radius 3 is 2.50 bits per heavy atom. The van der Waals surface area contributed by atoms with Gasteiger partial charge in [0, 0.05) is 35.1 Å². The summed E-state index contributed by atoms with van der Waals surface area (Å²) in [4.78, 5) is 43.5. The largest absolute Gasteiger partial charge is 0.477 e. The van der Waals surface area contributed by atoms with Crippen molar-refractivity contribution in [2.45, 2.75) is 76.3 Å². The highest BCUT2D eigenvalue weighted by molar-refractivity contribution is 6.02. The summed E-state index contributed by atoms with van der Waals surface area (Å²) in [6.07, 6.45) is 8.86. The highest BCUT2D eigenvalue weighted by Crippen LogP contribution is 2.38. The number of halogens is 1. The first-order chi connectivity index (χ1) is 18.4. The molecule has 1 aromatic carbocycles. The maximum Gasteiger partial charge on any atom is 0.352 e. The zero-order valence-electron chi connectivity index (χ0n) is 21.7. The Hall–Kier alpha value is -3.20. The molecule has 2 aromatic rings. The Balaban J connectivity index is 1.37. The molecule has 1 saturated heterocycles. The van der Waals surface area contributed by atoms with Crippen molar-refractivity contribution in [3.63, 3.8) is 0 Å². The van der Waals surface area contributed by atoms with Crippen molar-refractivity contribution in [1.29, 1.82) is 0 Å². The van der Waals surface area contributed by atoms with Crippen LogP contribution in [0.25, 0.3) is 10.9 Å². The number of carbonyl (C=O) groups is 3. The fourth-order valence-corrected chi connectivity index (χ4v) is 6.59. The van der Waals surface area contributed by atoms with Crippen molar-refractivity contribution in [2.24, 2.45) is 17.6 Å². The van der Waals surface area contributed by atoms with Gasteiger partial charge in [-0.3, -0.25) is 9.59 Å². The van der Waals surface area contributed by atoms with Crippen molar-refractivity contribution in [1.82, 2.24) is 9.88 Å². The van der Waals surface area contributed by atoms with Gasteiger partial charge in [-0.25, -0.2) is 9.18 Å². The zero-order chi connectivity index (χ0) is 26.8. The number of fused-ring (bicyclic) bond motifs is 1. The molecule has 1 aromatic heterocycles. The van der Waals surface area contributed by atoms with Crippen molar-refractivity contribution >= 4 is 34.4 Å². The van der Waals surface area contributed by atoms with E-state index in [1.54, 1.807) is 29.2 Å². The second-order valence-electron chi connectivity index (χ2n) is 11.1. The van der Waals surface area contributed by atoms with Crippen LogP contribution in [-0.4, -0.2) is 58.1 Å². The van der Waals surface area contributed by atoms with Crippen LogP contribution in [0.15, 0.2) is 35.4 Å².